The molecule has 16 heavy (non-hydrogen) atoms. The first-order valence-corrected chi connectivity index (χ1v) is 6.57. The fourth-order valence-corrected chi connectivity index (χ4v) is 2.71. The first-order valence-electron chi connectivity index (χ1n) is 5.69. The van der Waals surface area contributed by atoms with Crippen LogP contribution in [0, 0.1) is 5.41 Å². The van der Waals surface area contributed by atoms with Crippen molar-refractivity contribution >= 4 is 21.4 Å². The molecule has 1 unspecified atom stereocenters. The molecule has 0 bridgehead atoms. The SMILES string of the molecule is CC(C)(C)C(N)Cc1csc2ccccc12. The summed E-state index contributed by atoms with van der Waals surface area (Å²) >= 11 is 1.81. The maximum atomic E-state index is 6.24. The molecule has 2 heteroatoms. The molecule has 0 radical (unpaired) electrons. The Morgan fingerprint density at radius 1 is 1.25 bits per heavy atom. The summed E-state index contributed by atoms with van der Waals surface area (Å²) in [5.41, 5.74) is 7.80. The van der Waals surface area contributed by atoms with Gasteiger partial charge in [0.25, 0.3) is 0 Å². The van der Waals surface area contributed by atoms with E-state index in [-0.39, 0.29) is 11.5 Å². The van der Waals surface area contributed by atoms with E-state index in [1.807, 2.05) is 11.3 Å². The Balaban J connectivity index is 2.28. The Morgan fingerprint density at radius 3 is 2.62 bits per heavy atom. The average Bonchev–Trinajstić information content (AvgIpc) is 2.61. The molecule has 86 valence electrons. The van der Waals surface area contributed by atoms with E-state index in [2.05, 4.69) is 50.4 Å². The van der Waals surface area contributed by atoms with Crippen LogP contribution in [-0.4, -0.2) is 6.04 Å². The van der Waals surface area contributed by atoms with Gasteiger partial charge in [0.1, 0.15) is 0 Å². The molecule has 1 aromatic carbocycles. The van der Waals surface area contributed by atoms with Gasteiger partial charge < -0.3 is 5.73 Å². The number of hydrogen-bond acceptors (Lipinski definition) is 2. The van der Waals surface area contributed by atoms with Crippen LogP contribution in [0.25, 0.3) is 10.1 Å². The van der Waals surface area contributed by atoms with Gasteiger partial charge in [-0.1, -0.05) is 39.0 Å². The van der Waals surface area contributed by atoms with Gasteiger partial charge in [-0.2, -0.15) is 0 Å². The summed E-state index contributed by atoms with van der Waals surface area (Å²) in [4.78, 5) is 0. The molecule has 2 aromatic rings. The maximum Gasteiger partial charge on any atom is 0.0345 e. The third-order valence-electron chi connectivity index (χ3n) is 3.11. The van der Waals surface area contributed by atoms with Crippen LogP contribution in [0.5, 0.6) is 0 Å². The molecule has 0 fully saturated rings. The number of hydrogen-bond donors (Lipinski definition) is 1. The van der Waals surface area contributed by atoms with E-state index in [4.69, 9.17) is 5.73 Å². The Bertz CT molecular complexity index is 479. The van der Waals surface area contributed by atoms with E-state index in [1.165, 1.54) is 15.6 Å². The van der Waals surface area contributed by atoms with Gasteiger partial charge in [0.15, 0.2) is 0 Å². The van der Waals surface area contributed by atoms with Crippen LogP contribution in [0.4, 0.5) is 0 Å². The monoisotopic (exact) mass is 233 g/mol. The molecule has 2 rings (SSSR count). The summed E-state index contributed by atoms with van der Waals surface area (Å²) in [6.07, 6.45) is 0.966. The summed E-state index contributed by atoms with van der Waals surface area (Å²) < 4.78 is 1.36. The molecule has 2 N–H and O–H groups in total. The summed E-state index contributed by atoms with van der Waals surface area (Å²) in [5, 5.41) is 3.61. The molecule has 0 aliphatic rings. The standard InChI is InChI=1S/C14H19NS/c1-14(2,3)13(15)8-10-9-16-12-7-5-4-6-11(10)12/h4-7,9,13H,8,15H2,1-3H3. The second-order valence-corrected chi connectivity index (χ2v) is 6.34. The average molecular weight is 233 g/mol. The summed E-state index contributed by atoms with van der Waals surface area (Å²) in [5.74, 6) is 0. The Hall–Kier alpha value is -0.860. The maximum absolute atomic E-state index is 6.24. The fraction of sp³-hybridized carbons (Fsp3) is 0.429. The third-order valence-corrected chi connectivity index (χ3v) is 4.13. The normalized spacial score (nSPS) is 14.2. The van der Waals surface area contributed by atoms with Crippen molar-refractivity contribution in [3.05, 3.63) is 35.2 Å². The van der Waals surface area contributed by atoms with Crippen molar-refractivity contribution in [2.75, 3.05) is 0 Å². The van der Waals surface area contributed by atoms with Crippen LogP contribution >= 0.6 is 11.3 Å². The highest BCUT2D eigenvalue weighted by molar-refractivity contribution is 7.17. The minimum atomic E-state index is 0.170. The smallest absolute Gasteiger partial charge is 0.0345 e. The number of benzene rings is 1. The Morgan fingerprint density at radius 2 is 1.94 bits per heavy atom. The van der Waals surface area contributed by atoms with E-state index < -0.39 is 0 Å². The number of fused-ring (bicyclic) bond motifs is 1. The van der Waals surface area contributed by atoms with Crippen LogP contribution < -0.4 is 5.73 Å². The molecular formula is C14H19NS. The lowest BCUT2D eigenvalue weighted by Crippen LogP contribution is -2.36. The fourth-order valence-electron chi connectivity index (χ4n) is 1.73. The molecular weight excluding hydrogens is 214 g/mol. The molecule has 0 saturated carbocycles. The van der Waals surface area contributed by atoms with Gasteiger partial charge in [-0.3, -0.25) is 0 Å². The largest absolute Gasteiger partial charge is 0.327 e. The van der Waals surface area contributed by atoms with Gasteiger partial charge in [0, 0.05) is 10.7 Å². The Labute approximate surface area is 101 Å². The molecule has 1 atom stereocenters. The van der Waals surface area contributed by atoms with Gasteiger partial charge in [0.2, 0.25) is 0 Å². The van der Waals surface area contributed by atoms with Crippen molar-refractivity contribution in [2.45, 2.75) is 33.2 Å². The first-order chi connectivity index (χ1) is 7.48. The van der Waals surface area contributed by atoms with E-state index in [0.29, 0.717) is 0 Å². The van der Waals surface area contributed by atoms with E-state index >= 15 is 0 Å². The molecule has 0 aliphatic carbocycles. The van der Waals surface area contributed by atoms with Crippen LogP contribution in [0.2, 0.25) is 0 Å². The number of thiophene rings is 1. The van der Waals surface area contributed by atoms with Crippen LogP contribution in [0.3, 0.4) is 0 Å². The lowest BCUT2D eigenvalue weighted by molar-refractivity contribution is 0.319. The number of nitrogens with two attached hydrogens (primary N) is 1. The predicted molar refractivity (Wildman–Crippen MR) is 73.0 cm³/mol. The van der Waals surface area contributed by atoms with Crippen molar-refractivity contribution in [1.29, 1.82) is 0 Å². The zero-order valence-corrected chi connectivity index (χ0v) is 11.0. The molecule has 0 amide bonds. The van der Waals surface area contributed by atoms with Gasteiger partial charge in [-0.15, -0.1) is 11.3 Å². The topological polar surface area (TPSA) is 26.0 Å². The zero-order valence-electron chi connectivity index (χ0n) is 10.2. The van der Waals surface area contributed by atoms with E-state index in [1.54, 1.807) is 0 Å². The predicted octanol–water partition coefficient (Wildman–Crippen LogP) is 3.82. The summed E-state index contributed by atoms with van der Waals surface area (Å²) in [7, 11) is 0. The molecule has 1 heterocycles. The number of rotatable bonds is 2. The second-order valence-electron chi connectivity index (χ2n) is 5.43. The molecule has 1 nitrogen and oxygen atoms in total. The third kappa shape index (κ3) is 2.28. The summed E-state index contributed by atoms with van der Waals surface area (Å²) in [6.45, 7) is 6.60. The van der Waals surface area contributed by atoms with Crippen molar-refractivity contribution in [3.63, 3.8) is 0 Å². The quantitative estimate of drug-likeness (QED) is 0.838. The van der Waals surface area contributed by atoms with Crippen molar-refractivity contribution < 1.29 is 0 Å². The molecule has 0 aliphatic heterocycles. The molecule has 1 aromatic heterocycles. The van der Waals surface area contributed by atoms with Crippen molar-refractivity contribution in [2.24, 2.45) is 11.1 Å². The van der Waals surface area contributed by atoms with Crippen molar-refractivity contribution in [3.8, 4) is 0 Å². The van der Waals surface area contributed by atoms with Crippen LogP contribution in [0.15, 0.2) is 29.6 Å². The second kappa shape index (κ2) is 4.19. The van der Waals surface area contributed by atoms with E-state index in [9.17, 15) is 0 Å². The van der Waals surface area contributed by atoms with Gasteiger partial charge in [-0.25, -0.2) is 0 Å². The van der Waals surface area contributed by atoms with Gasteiger partial charge >= 0.3 is 0 Å². The Kier molecular flexibility index (Phi) is 3.04. The minimum Gasteiger partial charge on any atom is -0.327 e. The lowest BCUT2D eigenvalue weighted by atomic mass is 9.84. The summed E-state index contributed by atoms with van der Waals surface area (Å²) in [6, 6.07) is 8.77. The highest BCUT2D eigenvalue weighted by Crippen LogP contribution is 2.29. The highest BCUT2D eigenvalue weighted by Gasteiger charge is 2.21. The first kappa shape index (κ1) is 11.6. The zero-order chi connectivity index (χ0) is 11.8. The lowest BCUT2D eigenvalue weighted by Gasteiger charge is -2.26. The van der Waals surface area contributed by atoms with Gasteiger partial charge in [-0.05, 0) is 34.2 Å². The van der Waals surface area contributed by atoms with Crippen molar-refractivity contribution in [1.82, 2.24) is 0 Å². The van der Waals surface area contributed by atoms with Gasteiger partial charge in [0.05, 0.1) is 0 Å². The molecule has 0 saturated heterocycles. The van der Waals surface area contributed by atoms with Crippen LogP contribution in [-0.2, 0) is 6.42 Å². The molecule has 0 spiro atoms. The highest BCUT2D eigenvalue weighted by atomic mass is 32.1. The van der Waals surface area contributed by atoms with Crippen LogP contribution in [0.1, 0.15) is 26.3 Å². The van der Waals surface area contributed by atoms with E-state index in [0.717, 1.165) is 6.42 Å². The minimum absolute atomic E-state index is 0.170.